The van der Waals surface area contributed by atoms with Gasteiger partial charge in [-0.25, -0.2) is 0 Å². The molecule has 0 aromatic heterocycles. The molecule has 0 bridgehead atoms. The van der Waals surface area contributed by atoms with Gasteiger partial charge in [-0.2, -0.15) is 0 Å². The Labute approximate surface area is 124 Å². The minimum absolute atomic E-state index is 0.0740. The lowest BCUT2D eigenvalue weighted by molar-refractivity contribution is 0.0980. The molecule has 1 atom stereocenters. The fourth-order valence-corrected chi connectivity index (χ4v) is 2.65. The Kier molecular flexibility index (Phi) is 5.95. The van der Waals surface area contributed by atoms with E-state index in [1.54, 1.807) is 19.2 Å². The van der Waals surface area contributed by atoms with E-state index in [1.807, 2.05) is 0 Å². The molecule has 1 unspecified atom stereocenters. The van der Waals surface area contributed by atoms with Crippen molar-refractivity contribution >= 4 is 11.6 Å². The first-order valence-electron chi connectivity index (χ1n) is 6.96. The Hall–Kier alpha value is -0.970. The summed E-state index contributed by atoms with van der Waals surface area (Å²) in [6.45, 7) is 1.39. The molecule has 1 aliphatic rings. The second kappa shape index (κ2) is 7.72. The SMILES string of the molecule is COc1cc(CO)cc(Cl)c1OCCCC1CCCO1. The van der Waals surface area contributed by atoms with Gasteiger partial charge < -0.3 is 19.3 Å². The van der Waals surface area contributed by atoms with Crippen LogP contribution in [0.25, 0.3) is 0 Å². The molecule has 0 amide bonds. The van der Waals surface area contributed by atoms with E-state index in [4.69, 9.17) is 30.9 Å². The lowest BCUT2D eigenvalue weighted by atomic mass is 10.1. The van der Waals surface area contributed by atoms with E-state index >= 15 is 0 Å². The third kappa shape index (κ3) is 4.01. The Morgan fingerprint density at radius 1 is 1.45 bits per heavy atom. The fourth-order valence-electron chi connectivity index (χ4n) is 2.36. The number of halogens is 1. The van der Waals surface area contributed by atoms with E-state index in [2.05, 4.69) is 0 Å². The number of aliphatic hydroxyl groups is 1. The van der Waals surface area contributed by atoms with E-state index in [0.29, 0.717) is 34.8 Å². The van der Waals surface area contributed by atoms with Crippen molar-refractivity contribution in [1.29, 1.82) is 0 Å². The van der Waals surface area contributed by atoms with Crippen molar-refractivity contribution < 1.29 is 19.3 Å². The molecule has 5 heteroatoms. The van der Waals surface area contributed by atoms with Gasteiger partial charge in [0.2, 0.25) is 0 Å². The molecule has 112 valence electrons. The maximum Gasteiger partial charge on any atom is 0.179 e. The number of hydrogen-bond acceptors (Lipinski definition) is 4. The monoisotopic (exact) mass is 300 g/mol. The fraction of sp³-hybridized carbons (Fsp3) is 0.600. The van der Waals surface area contributed by atoms with Crippen LogP contribution in [0.4, 0.5) is 0 Å². The van der Waals surface area contributed by atoms with Gasteiger partial charge in [0.05, 0.1) is 31.5 Å². The quantitative estimate of drug-likeness (QED) is 0.786. The second-order valence-corrected chi connectivity index (χ2v) is 5.30. The van der Waals surface area contributed by atoms with E-state index < -0.39 is 0 Å². The third-order valence-electron chi connectivity index (χ3n) is 3.41. The van der Waals surface area contributed by atoms with Crippen molar-refractivity contribution in [2.45, 2.75) is 38.4 Å². The molecule has 2 rings (SSSR count). The highest BCUT2D eigenvalue weighted by Gasteiger charge is 2.16. The molecule has 0 saturated carbocycles. The number of ether oxygens (including phenoxy) is 3. The van der Waals surface area contributed by atoms with E-state index in [9.17, 15) is 0 Å². The first kappa shape index (κ1) is 15.4. The van der Waals surface area contributed by atoms with Crippen LogP contribution in [0, 0.1) is 0 Å². The van der Waals surface area contributed by atoms with Gasteiger partial charge >= 0.3 is 0 Å². The number of methoxy groups -OCH3 is 1. The van der Waals surface area contributed by atoms with Crippen LogP contribution in [0.3, 0.4) is 0 Å². The van der Waals surface area contributed by atoms with Gasteiger partial charge in [0, 0.05) is 6.61 Å². The molecular weight excluding hydrogens is 280 g/mol. The molecule has 0 spiro atoms. The van der Waals surface area contributed by atoms with Crippen molar-refractivity contribution in [3.05, 3.63) is 22.7 Å². The zero-order valence-electron chi connectivity index (χ0n) is 11.7. The summed E-state index contributed by atoms with van der Waals surface area (Å²) >= 11 is 6.16. The Balaban J connectivity index is 1.87. The molecule has 0 radical (unpaired) electrons. The van der Waals surface area contributed by atoms with Crippen molar-refractivity contribution in [3.8, 4) is 11.5 Å². The van der Waals surface area contributed by atoms with Crippen LogP contribution in [0.15, 0.2) is 12.1 Å². The van der Waals surface area contributed by atoms with Crippen LogP contribution in [0.2, 0.25) is 5.02 Å². The molecule has 0 aliphatic carbocycles. The molecule has 1 aliphatic heterocycles. The van der Waals surface area contributed by atoms with Gasteiger partial charge in [0.15, 0.2) is 11.5 Å². The lowest BCUT2D eigenvalue weighted by Gasteiger charge is -2.14. The van der Waals surface area contributed by atoms with Gasteiger partial charge in [-0.15, -0.1) is 0 Å². The van der Waals surface area contributed by atoms with Gasteiger partial charge in [0.25, 0.3) is 0 Å². The van der Waals surface area contributed by atoms with Crippen molar-refractivity contribution in [3.63, 3.8) is 0 Å². The summed E-state index contributed by atoms with van der Waals surface area (Å²) in [6, 6.07) is 3.43. The molecule has 1 aromatic rings. The lowest BCUT2D eigenvalue weighted by Crippen LogP contribution is -2.08. The van der Waals surface area contributed by atoms with E-state index in [0.717, 1.165) is 32.3 Å². The molecule has 1 aromatic carbocycles. The first-order chi connectivity index (χ1) is 9.74. The topological polar surface area (TPSA) is 47.9 Å². The molecule has 1 fully saturated rings. The summed E-state index contributed by atoms with van der Waals surface area (Å²) in [5.41, 5.74) is 0.707. The zero-order valence-corrected chi connectivity index (χ0v) is 12.5. The maximum absolute atomic E-state index is 9.14. The summed E-state index contributed by atoms with van der Waals surface area (Å²) < 4.78 is 16.5. The molecule has 1 N–H and O–H groups in total. The molecule has 1 saturated heterocycles. The minimum atomic E-state index is -0.0740. The van der Waals surface area contributed by atoms with E-state index in [-0.39, 0.29) is 6.61 Å². The van der Waals surface area contributed by atoms with Crippen LogP contribution in [-0.2, 0) is 11.3 Å². The second-order valence-electron chi connectivity index (χ2n) is 4.89. The maximum atomic E-state index is 9.14. The summed E-state index contributed by atoms with van der Waals surface area (Å²) in [5.74, 6) is 1.09. The van der Waals surface area contributed by atoms with Crippen LogP contribution in [0.1, 0.15) is 31.2 Å². The average Bonchev–Trinajstić information content (AvgIpc) is 2.97. The third-order valence-corrected chi connectivity index (χ3v) is 3.69. The number of hydrogen-bond donors (Lipinski definition) is 1. The van der Waals surface area contributed by atoms with Crippen LogP contribution < -0.4 is 9.47 Å². The number of rotatable bonds is 7. The summed E-state index contributed by atoms with van der Waals surface area (Å²) in [7, 11) is 1.56. The van der Waals surface area contributed by atoms with Gasteiger partial charge in [-0.1, -0.05) is 11.6 Å². The normalized spacial score (nSPS) is 18.2. The van der Waals surface area contributed by atoms with Crippen molar-refractivity contribution in [1.82, 2.24) is 0 Å². The summed E-state index contributed by atoms with van der Waals surface area (Å²) in [5, 5.41) is 9.60. The smallest absolute Gasteiger partial charge is 0.179 e. The Morgan fingerprint density at radius 2 is 2.30 bits per heavy atom. The van der Waals surface area contributed by atoms with Gasteiger partial charge in [-0.05, 0) is 43.4 Å². The average molecular weight is 301 g/mol. The first-order valence-corrected chi connectivity index (χ1v) is 7.34. The summed E-state index contributed by atoms with van der Waals surface area (Å²) in [6.07, 6.45) is 4.62. The van der Waals surface area contributed by atoms with Gasteiger partial charge in [0.1, 0.15) is 0 Å². The molecular formula is C15H21ClO4. The van der Waals surface area contributed by atoms with Crippen LogP contribution in [0.5, 0.6) is 11.5 Å². The highest BCUT2D eigenvalue weighted by molar-refractivity contribution is 6.32. The Bertz CT molecular complexity index is 430. The molecule has 20 heavy (non-hydrogen) atoms. The summed E-state index contributed by atoms with van der Waals surface area (Å²) in [4.78, 5) is 0. The highest BCUT2D eigenvalue weighted by atomic mass is 35.5. The predicted molar refractivity (Wildman–Crippen MR) is 77.6 cm³/mol. The molecule has 1 heterocycles. The largest absolute Gasteiger partial charge is 0.493 e. The van der Waals surface area contributed by atoms with Crippen LogP contribution >= 0.6 is 11.6 Å². The Morgan fingerprint density at radius 3 is 2.95 bits per heavy atom. The van der Waals surface area contributed by atoms with Crippen LogP contribution in [-0.4, -0.2) is 31.5 Å². The number of aliphatic hydroxyl groups excluding tert-OH is 1. The van der Waals surface area contributed by atoms with Crippen molar-refractivity contribution in [2.75, 3.05) is 20.3 Å². The standard InChI is InChI=1S/C15H21ClO4/c1-18-14-9-11(10-17)8-13(16)15(14)20-7-3-5-12-4-2-6-19-12/h8-9,12,17H,2-7,10H2,1H3. The number of benzene rings is 1. The van der Waals surface area contributed by atoms with Gasteiger partial charge in [-0.3, -0.25) is 0 Å². The van der Waals surface area contributed by atoms with E-state index in [1.165, 1.54) is 0 Å². The highest BCUT2D eigenvalue weighted by Crippen LogP contribution is 2.36. The van der Waals surface area contributed by atoms with Crippen molar-refractivity contribution in [2.24, 2.45) is 0 Å². The minimum Gasteiger partial charge on any atom is -0.493 e. The zero-order chi connectivity index (χ0) is 14.4. The molecule has 4 nitrogen and oxygen atoms in total. The predicted octanol–water partition coefficient (Wildman–Crippen LogP) is 3.18.